The smallest absolute Gasteiger partial charge is 0.364 e. The summed E-state index contributed by atoms with van der Waals surface area (Å²) in [6.45, 7) is 0. The molecular formula is C9H17BO8. The van der Waals surface area contributed by atoms with E-state index in [-0.39, 0.29) is 6.32 Å². The van der Waals surface area contributed by atoms with Gasteiger partial charge in [0, 0.05) is 6.42 Å². The van der Waals surface area contributed by atoms with Gasteiger partial charge in [-0.25, -0.2) is 4.79 Å². The van der Waals surface area contributed by atoms with Crippen LogP contribution in [0.5, 0.6) is 0 Å². The van der Waals surface area contributed by atoms with Crippen molar-refractivity contribution in [3.05, 3.63) is 0 Å². The van der Waals surface area contributed by atoms with Crippen LogP contribution in [0.15, 0.2) is 0 Å². The molecule has 18 heavy (non-hydrogen) atoms. The Morgan fingerprint density at radius 2 is 2.00 bits per heavy atom. The van der Waals surface area contributed by atoms with Crippen LogP contribution in [-0.2, 0) is 9.53 Å². The van der Waals surface area contributed by atoms with Crippen LogP contribution in [0.25, 0.3) is 0 Å². The third-order valence-corrected chi connectivity index (χ3v) is 3.03. The van der Waals surface area contributed by atoms with E-state index < -0.39 is 48.7 Å². The number of rotatable bonds is 4. The Morgan fingerprint density at radius 1 is 1.44 bits per heavy atom. The number of aliphatic hydroxyl groups is 5. The van der Waals surface area contributed by atoms with Crippen LogP contribution in [0.3, 0.4) is 0 Å². The van der Waals surface area contributed by atoms with Gasteiger partial charge in [-0.3, -0.25) is 0 Å². The van der Waals surface area contributed by atoms with Crippen molar-refractivity contribution in [1.82, 2.24) is 0 Å². The monoisotopic (exact) mass is 264 g/mol. The van der Waals surface area contributed by atoms with Crippen LogP contribution in [0, 0.1) is 0 Å². The molecule has 1 fully saturated rings. The van der Waals surface area contributed by atoms with Gasteiger partial charge in [-0.1, -0.05) is 6.32 Å². The van der Waals surface area contributed by atoms with Crippen LogP contribution in [0.1, 0.15) is 6.42 Å². The highest BCUT2D eigenvalue weighted by atomic mass is 16.7. The van der Waals surface area contributed by atoms with Crippen LogP contribution < -0.4 is 0 Å². The zero-order chi connectivity index (χ0) is 14.1. The average Bonchev–Trinajstić information content (AvgIpc) is 2.31. The maximum atomic E-state index is 10.8. The molecule has 1 saturated heterocycles. The molecule has 0 aromatic rings. The van der Waals surface area contributed by atoms with Gasteiger partial charge in [-0.2, -0.15) is 0 Å². The summed E-state index contributed by atoms with van der Waals surface area (Å²) in [5, 5.41) is 56.7. The van der Waals surface area contributed by atoms with Gasteiger partial charge < -0.3 is 35.4 Å². The predicted octanol–water partition coefficient (Wildman–Crippen LogP) is -3.96. The van der Waals surface area contributed by atoms with Gasteiger partial charge in [0.1, 0.15) is 26.2 Å². The largest absolute Gasteiger partial charge is 0.477 e. The van der Waals surface area contributed by atoms with E-state index in [0.29, 0.717) is 0 Å². The van der Waals surface area contributed by atoms with E-state index >= 15 is 0 Å². The highest BCUT2D eigenvalue weighted by Crippen LogP contribution is 2.30. The maximum Gasteiger partial charge on any atom is 0.364 e. The molecule has 0 amide bonds. The van der Waals surface area contributed by atoms with Crippen molar-refractivity contribution >= 4 is 13.8 Å². The summed E-state index contributed by atoms with van der Waals surface area (Å²) in [6, 6.07) is 0. The Labute approximate surface area is 104 Å². The molecular weight excluding hydrogens is 247 g/mol. The first-order valence-electron chi connectivity index (χ1n) is 5.58. The van der Waals surface area contributed by atoms with E-state index in [2.05, 4.69) is 0 Å². The van der Waals surface area contributed by atoms with E-state index in [9.17, 15) is 30.3 Å². The lowest BCUT2D eigenvalue weighted by Crippen LogP contribution is -2.62. The molecule has 104 valence electrons. The van der Waals surface area contributed by atoms with Crippen LogP contribution in [0.2, 0.25) is 6.32 Å². The minimum absolute atomic E-state index is 0.134. The second-order valence-electron chi connectivity index (χ2n) is 4.40. The molecule has 0 aliphatic carbocycles. The first-order valence-corrected chi connectivity index (χ1v) is 5.58. The Hall–Kier alpha value is -0.705. The normalized spacial score (nSPS) is 40.2. The van der Waals surface area contributed by atoms with Gasteiger partial charge in [0.15, 0.2) is 0 Å². The standard InChI is InChI=1S/C9H17BO8/c10-2-4(12)6(14)7-5(13)3(11)1-9(17,18-7)8(15)16/h3-7,11-14,17H,1-2,10H2,(H,15,16). The first kappa shape index (κ1) is 15.4. The molecule has 0 spiro atoms. The molecule has 1 heterocycles. The Bertz CT molecular complexity index is 313. The van der Waals surface area contributed by atoms with Crippen molar-refractivity contribution in [2.24, 2.45) is 0 Å². The molecule has 1 aliphatic heterocycles. The lowest BCUT2D eigenvalue weighted by Gasteiger charge is -2.42. The second-order valence-corrected chi connectivity index (χ2v) is 4.40. The fourth-order valence-electron chi connectivity index (χ4n) is 1.84. The number of hydrogen-bond acceptors (Lipinski definition) is 7. The van der Waals surface area contributed by atoms with Crippen molar-refractivity contribution in [1.29, 1.82) is 0 Å². The van der Waals surface area contributed by atoms with Crippen molar-refractivity contribution < 1.29 is 40.2 Å². The Kier molecular flexibility index (Phi) is 4.70. The van der Waals surface area contributed by atoms with E-state index in [1.54, 1.807) is 7.85 Å². The molecule has 0 bridgehead atoms. The molecule has 0 radical (unpaired) electrons. The number of aliphatic hydroxyl groups excluding tert-OH is 4. The van der Waals surface area contributed by atoms with Gasteiger partial charge in [0.05, 0.1) is 12.2 Å². The number of carbonyl (C=O) groups is 1. The molecule has 8 nitrogen and oxygen atoms in total. The van der Waals surface area contributed by atoms with Crippen molar-refractivity contribution in [2.75, 3.05) is 0 Å². The van der Waals surface area contributed by atoms with Gasteiger partial charge in [-0.15, -0.1) is 0 Å². The minimum atomic E-state index is -2.70. The topological polar surface area (TPSA) is 148 Å². The molecule has 0 aromatic carbocycles. The lowest BCUT2D eigenvalue weighted by molar-refractivity contribution is -0.311. The molecule has 0 saturated carbocycles. The van der Waals surface area contributed by atoms with E-state index in [4.69, 9.17) is 9.84 Å². The Balaban J connectivity index is 2.92. The van der Waals surface area contributed by atoms with Crippen molar-refractivity contribution in [3.8, 4) is 0 Å². The number of carboxylic acid groups (broad SMARTS) is 1. The summed E-state index contributed by atoms with van der Waals surface area (Å²) in [5.41, 5.74) is 0. The summed E-state index contributed by atoms with van der Waals surface area (Å²) < 4.78 is 4.74. The van der Waals surface area contributed by atoms with E-state index in [1.807, 2.05) is 0 Å². The van der Waals surface area contributed by atoms with Crippen molar-refractivity contribution in [2.45, 2.75) is 49.0 Å². The quantitative estimate of drug-likeness (QED) is 0.282. The summed E-state index contributed by atoms with van der Waals surface area (Å²) in [6.07, 6.45) is -8.25. The minimum Gasteiger partial charge on any atom is -0.477 e. The van der Waals surface area contributed by atoms with Gasteiger partial charge in [0.2, 0.25) is 0 Å². The van der Waals surface area contributed by atoms with E-state index in [1.165, 1.54) is 0 Å². The number of ether oxygens (including phenoxy) is 1. The highest BCUT2D eigenvalue weighted by Gasteiger charge is 2.52. The molecule has 0 aromatic heterocycles. The van der Waals surface area contributed by atoms with Crippen LogP contribution in [-0.4, -0.2) is 80.8 Å². The third-order valence-electron chi connectivity index (χ3n) is 3.03. The summed E-state index contributed by atoms with van der Waals surface area (Å²) in [5.74, 6) is -4.44. The molecule has 1 rings (SSSR count). The third kappa shape index (κ3) is 2.82. The van der Waals surface area contributed by atoms with Crippen LogP contribution in [0.4, 0.5) is 0 Å². The van der Waals surface area contributed by atoms with Crippen LogP contribution >= 0.6 is 0 Å². The zero-order valence-electron chi connectivity index (χ0n) is 9.80. The lowest BCUT2D eigenvalue weighted by atomic mass is 9.87. The summed E-state index contributed by atoms with van der Waals surface area (Å²) in [4.78, 5) is 10.8. The Morgan fingerprint density at radius 3 is 2.44 bits per heavy atom. The maximum absolute atomic E-state index is 10.8. The molecule has 6 N–H and O–H groups in total. The SMILES string of the molecule is BCC(O)C(O)C1OC(O)(C(=O)O)CC(O)C1O. The van der Waals surface area contributed by atoms with Gasteiger partial charge in [0.25, 0.3) is 5.79 Å². The molecule has 6 atom stereocenters. The van der Waals surface area contributed by atoms with Crippen molar-refractivity contribution in [3.63, 3.8) is 0 Å². The fourth-order valence-corrected chi connectivity index (χ4v) is 1.84. The molecule has 1 aliphatic rings. The van der Waals surface area contributed by atoms with E-state index in [0.717, 1.165) is 0 Å². The van der Waals surface area contributed by atoms with Gasteiger partial charge in [-0.05, 0) is 0 Å². The molecule has 9 heteroatoms. The average molecular weight is 264 g/mol. The predicted molar refractivity (Wildman–Crippen MR) is 59.5 cm³/mol. The highest BCUT2D eigenvalue weighted by molar-refractivity contribution is 6.08. The summed E-state index contributed by atoms with van der Waals surface area (Å²) in [7, 11) is 1.56. The zero-order valence-corrected chi connectivity index (χ0v) is 9.80. The number of carboxylic acids is 1. The second kappa shape index (κ2) is 5.51. The number of aliphatic carboxylic acids is 1. The number of hydrogen-bond donors (Lipinski definition) is 6. The molecule has 6 unspecified atom stereocenters. The van der Waals surface area contributed by atoms with Gasteiger partial charge >= 0.3 is 5.97 Å². The first-order chi connectivity index (χ1) is 8.23. The summed E-state index contributed by atoms with van der Waals surface area (Å²) >= 11 is 0. The fraction of sp³-hybridized carbons (Fsp3) is 0.889.